The molecule has 120 valence electrons. The number of esters is 1. The number of nitrogens with one attached hydrogen (secondary N) is 1. The Labute approximate surface area is 137 Å². The van der Waals surface area contributed by atoms with Crippen molar-refractivity contribution in [3.05, 3.63) is 40.3 Å². The molecule has 1 aromatic heterocycles. The quantitative estimate of drug-likeness (QED) is 0.870. The van der Waals surface area contributed by atoms with Gasteiger partial charge in [0.1, 0.15) is 5.00 Å². The highest BCUT2D eigenvalue weighted by Crippen LogP contribution is 2.33. The number of carbonyl (C=O) groups excluding carboxylic acids is 2. The maximum atomic E-state index is 12.4. The van der Waals surface area contributed by atoms with Crippen molar-refractivity contribution in [3.8, 4) is 11.5 Å². The van der Waals surface area contributed by atoms with Crippen molar-refractivity contribution in [1.82, 2.24) is 0 Å². The van der Waals surface area contributed by atoms with Crippen LogP contribution >= 0.6 is 11.3 Å². The molecule has 0 spiro atoms. The van der Waals surface area contributed by atoms with Crippen LogP contribution in [0.5, 0.6) is 11.5 Å². The lowest BCUT2D eigenvalue weighted by atomic mass is 10.2. The number of benzene rings is 1. The Balaban J connectivity index is 1.82. The predicted octanol–water partition coefficient (Wildman–Crippen LogP) is 3.21. The standard InChI is InChI=1S/C16H15NO5S/c1-3-20-16(19)11-6-9(2)23-15(11)17-14(18)10-4-5-12-13(7-10)22-8-21-12/h4-7H,3,8H2,1-2H3,(H,17,18). The van der Waals surface area contributed by atoms with Crippen molar-refractivity contribution in [3.63, 3.8) is 0 Å². The smallest absolute Gasteiger partial charge is 0.341 e. The second-order valence-electron chi connectivity index (χ2n) is 4.84. The molecule has 0 aliphatic carbocycles. The monoisotopic (exact) mass is 333 g/mol. The molecular weight excluding hydrogens is 318 g/mol. The SMILES string of the molecule is CCOC(=O)c1cc(C)sc1NC(=O)c1ccc2c(c1)OCO2. The number of thiophene rings is 1. The second kappa shape index (κ2) is 6.29. The number of carbonyl (C=O) groups is 2. The summed E-state index contributed by atoms with van der Waals surface area (Å²) < 4.78 is 15.5. The Morgan fingerprint density at radius 1 is 1.26 bits per heavy atom. The van der Waals surface area contributed by atoms with Gasteiger partial charge >= 0.3 is 5.97 Å². The fourth-order valence-corrected chi connectivity index (χ4v) is 3.08. The van der Waals surface area contributed by atoms with Gasteiger partial charge in [0.2, 0.25) is 6.79 Å². The molecule has 0 fully saturated rings. The van der Waals surface area contributed by atoms with Crippen LogP contribution in [0.25, 0.3) is 0 Å². The summed E-state index contributed by atoms with van der Waals surface area (Å²) in [5.74, 6) is 0.375. The van der Waals surface area contributed by atoms with E-state index < -0.39 is 5.97 Å². The van der Waals surface area contributed by atoms with Crippen LogP contribution in [0.15, 0.2) is 24.3 Å². The van der Waals surface area contributed by atoms with Crippen LogP contribution in [-0.2, 0) is 4.74 Å². The van der Waals surface area contributed by atoms with Crippen molar-refractivity contribution in [2.45, 2.75) is 13.8 Å². The fourth-order valence-electron chi connectivity index (χ4n) is 2.18. The Morgan fingerprint density at radius 2 is 2.04 bits per heavy atom. The molecule has 7 heteroatoms. The highest BCUT2D eigenvalue weighted by atomic mass is 32.1. The van der Waals surface area contributed by atoms with Crippen molar-refractivity contribution in [1.29, 1.82) is 0 Å². The molecule has 0 atom stereocenters. The van der Waals surface area contributed by atoms with Gasteiger partial charge in [-0.15, -0.1) is 11.3 Å². The Morgan fingerprint density at radius 3 is 2.83 bits per heavy atom. The normalized spacial score (nSPS) is 12.1. The largest absolute Gasteiger partial charge is 0.462 e. The molecule has 2 heterocycles. The van der Waals surface area contributed by atoms with Crippen molar-refractivity contribution < 1.29 is 23.8 Å². The summed E-state index contributed by atoms with van der Waals surface area (Å²) in [5, 5.41) is 3.24. The van der Waals surface area contributed by atoms with Crippen molar-refractivity contribution in [2.75, 3.05) is 18.7 Å². The van der Waals surface area contributed by atoms with Crippen molar-refractivity contribution >= 4 is 28.2 Å². The highest BCUT2D eigenvalue weighted by molar-refractivity contribution is 7.16. The average Bonchev–Trinajstić information content (AvgIpc) is 3.13. The van der Waals surface area contributed by atoms with Crippen LogP contribution in [0, 0.1) is 6.92 Å². The Bertz CT molecular complexity index is 768. The number of fused-ring (bicyclic) bond motifs is 1. The zero-order chi connectivity index (χ0) is 16.4. The first-order valence-electron chi connectivity index (χ1n) is 7.07. The van der Waals surface area contributed by atoms with Crippen LogP contribution in [-0.4, -0.2) is 25.3 Å². The summed E-state index contributed by atoms with van der Waals surface area (Å²) >= 11 is 1.33. The maximum Gasteiger partial charge on any atom is 0.341 e. The molecule has 0 saturated carbocycles. The van der Waals surface area contributed by atoms with Gasteiger partial charge in [-0.2, -0.15) is 0 Å². The van der Waals surface area contributed by atoms with Gasteiger partial charge in [0, 0.05) is 10.4 Å². The Kier molecular flexibility index (Phi) is 4.20. The first kappa shape index (κ1) is 15.4. The summed E-state index contributed by atoms with van der Waals surface area (Å²) in [6, 6.07) is 6.65. The zero-order valence-corrected chi connectivity index (χ0v) is 13.5. The van der Waals surface area contributed by atoms with E-state index >= 15 is 0 Å². The summed E-state index contributed by atoms with van der Waals surface area (Å²) in [6.07, 6.45) is 0. The number of rotatable bonds is 4. The van der Waals surface area contributed by atoms with Crippen LogP contribution in [0.2, 0.25) is 0 Å². The van der Waals surface area contributed by atoms with Crippen LogP contribution in [0.1, 0.15) is 32.5 Å². The first-order valence-corrected chi connectivity index (χ1v) is 7.88. The van der Waals surface area contributed by atoms with E-state index in [1.165, 1.54) is 11.3 Å². The predicted molar refractivity (Wildman–Crippen MR) is 85.5 cm³/mol. The molecule has 1 aliphatic heterocycles. The molecular formula is C16H15NO5S. The highest BCUT2D eigenvalue weighted by Gasteiger charge is 2.20. The second-order valence-corrected chi connectivity index (χ2v) is 6.10. The molecule has 1 aromatic carbocycles. The average molecular weight is 333 g/mol. The molecule has 1 N–H and O–H groups in total. The van der Waals surface area contributed by atoms with E-state index in [0.29, 0.717) is 27.6 Å². The first-order chi connectivity index (χ1) is 11.1. The third-order valence-electron chi connectivity index (χ3n) is 3.21. The number of ether oxygens (including phenoxy) is 3. The molecule has 1 aliphatic rings. The molecule has 23 heavy (non-hydrogen) atoms. The van der Waals surface area contributed by atoms with E-state index in [1.54, 1.807) is 31.2 Å². The molecule has 3 rings (SSSR count). The summed E-state index contributed by atoms with van der Waals surface area (Å²) in [5.41, 5.74) is 0.790. The molecule has 0 saturated heterocycles. The van der Waals surface area contributed by atoms with Gasteiger partial charge in [-0.1, -0.05) is 0 Å². The van der Waals surface area contributed by atoms with Gasteiger partial charge in [-0.05, 0) is 38.1 Å². The topological polar surface area (TPSA) is 73.9 Å². The van der Waals surface area contributed by atoms with Crippen LogP contribution in [0.4, 0.5) is 5.00 Å². The van der Waals surface area contributed by atoms with E-state index in [1.807, 2.05) is 6.92 Å². The van der Waals surface area contributed by atoms with Gasteiger partial charge in [0.25, 0.3) is 5.91 Å². The molecule has 0 unspecified atom stereocenters. The minimum absolute atomic E-state index is 0.150. The molecule has 2 aromatic rings. The molecule has 6 nitrogen and oxygen atoms in total. The molecule has 1 amide bonds. The zero-order valence-electron chi connectivity index (χ0n) is 12.7. The number of hydrogen-bond acceptors (Lipinski definition) is 6. The van der Waals surface area contributed by atoms with E-state index in [4.69, 9.17) is 14.2 Å². The van der Waals surface area contributed by atoms with Gasteiger partial charge in [-0.25, -0.2) is 4.79 Å². The minimum Gasteiger partial charge on any atom is -0.462 e. The number of amides is 1. The van der Waals surface area contributed by atoms with Gasteiger partial charge in [-0.3, -0.25) is 4.79 Å². The fraction of sp³-hybridized carbons (Fsp3) is 0.250. The van der Waals surface area contributed by atoms with E-state index in [0.717, 1.165) is 4.88 Å². The molecule has 0 radical (unpaired) electrons. The number of aryl methyl sites for hydroxylation is 1. The third kappa shape index (κ3) is 3.14. The summed E-state index contributed by atoms with van der Waals surface area (Å²) in [6.45, 7) is 4.03. The lowest BCUT2D eigenvalue weighted by Gasteiger charge is -2.06. The van der Waals surface area contributed by atoms with Gasteiger partial charge < -0.3 is 19.5 Å². The van der Waals surface area contributed by atoms with E-state index in [9.17, 15) is 9.59 Å². The van der Waals surface area contributed by atoms with Crippen LogP contribution in [0.3, 0.4) is 0 Å². The van der Waals surface area contributed by atoms with Crippen molar-refractivity contribution in [2.24, 2.45) is 0 Å². The Hall–Kier alpha value is -2.54. The van der Waals surface area contributed by atoms with Gasteiger partial charge in [0.05, 0.1) is 12.2 Å². The summed E-state index contributed by atoms with van der Waals surface area (Å²) in [7, 11) is 0. The van der Waals surface area contributed by atoms with Gasteiger partial charge in [0.15, 0.2) is 11.5 Å². The molecule has 0 bridgehead atoms. The van der Waals surface area contributed by atoms with E-state index in [2.05, 4.69) is 5.32 Å². The number of hydrogen-bond donors (Lipinski definition) is 1. The summed E-state index contributed by atoms with van der Waals surface area (Å²) in [4.78, 5) is 25.3. The lowest BCUT2D eigenvalue weighted by Crippen LogP contribution is -2.14. The van der Waals surface area contributed by atoms with E-state index in [-0.39, 0.29) is 19.3 Å². The lowest BCUT2D eigenvalue weighted by molar-refractivity contribution is 0.0528. The van der Waals surface area contributed by atoms with Crippen LogP contribution < -0.4 is 14.8 Å². The number of anilines is 1. The third-order valence-corrected chi connectivity index (χ3v) is 4.18. The maximum absolute atomic E-state index is 12.4. The minimum atomic E-state index is -0.446.